The second-order valence-electron chi connectivity index (χ2n) is 4.27. The fourth-order valence-corrected chi connectivity index (χ4v) is 2.49. The highest BCUT2D eigenvalue weighted by Gasteiger charge is 2.27. The Morgan fingerprint density at radius 3 is 3.12 bits per heavy atom. The molecule has 1 aliphatic rings. The normalized spacial score (nSPS) is 20.4. The quantitative estimate of drug-likeness (QED) is 0.763. The van der Waals surface area contributed by atoms with Gasteiger partial charge in [-0.3, -0.25) is 4.79 Å². The van der Waals surface area contributed by atoms with Gasteiger partial charge in [0.2, 0.25) is 0 Å². The number of carbonyl (C=O) groups excluding carboxylic acids is 1. The number of likely N-dealkylation sites (tertiary alicyclic amines) is 1. The molecule has 0 radical (unpaired) electrons. The summed E-state index contributed by atoms with van der Waals surface area (Å²) in [5.41, 5.74) is 0.687. The Bertz CT molecular complexity index is 375. The van der Waals surface area contributed by atoms with E-state index in [1.807, 2.05) is 11.8 Å². The molecule has 0 saturated carbocycles. The van der Waals surface area contributed by atoms with Crippen molar-refractivity contribution >= 4 is 17.5 Å². The van der Waals surface area contributed by atoms with Crippen LogP contribution in [0.4, 0.5) is 0 Å². The first-order valence-electron chi connectivity index (χ1n) is 5.61. The molecule has 4 heteroatoms. The molecule has 0 aliphatic carbocycles. The lowest BCUT2D eigenvalue weighted by Crippen LogP contribution is -2.28. The first kappa shape index (κ1) is 11.5. The van der Waals surface area contributed by atoms with Crippen molar-refractivity contribution in [3.05, 3.63) is 23.7 Å². The molecule has 1 atom stereocenters. The Kier molecular flexibility index (Phi) is 3.54. The maximum atomic E-state index is 12.1. The van der Waals surface area contributed by atoms with Crippen molar-refractivity contribution in [2.75, 3.05) is 19.0 Å². The van der Waals surface area contributed by atoms with Crippen LogP contribution in [0.25, 0.3) is 0 Å². The van der Waals surface area contributed by atoms with Gasteiger partial charge in [-0.2, -0.15) is 0 Å². The van der Waals surface area contributed by atoms with Crippen molar-refractivity contribution in [3.63, 3.8) is 0 Å². The minimum atomic E-state index is 0.0864. The van der Waals surface area contributed by atoms with Crippen LogP contribution in [0.5, 0.6) is 0 Å². The van der Waals surface area contributed by atoms with Gasteiger partial charge in [0.1, 0.15) is 5.76 Å². The summed E-state index contributed by atoms with van der Waals surface area (Å²) in [4.78, 5) is 14.0. The maximum absolute atomic E-state index is 12.1. The molecule has 1 amide bonds. The van der Waals surface area contributed by atoms with E-state index in [2.05, 4.69) is 0 Å². The predicted molar refractivity (Wildman–Crippen MR) is 62.8 cm³/mol. The van der Waals surface area contributed by atoms with E-state index < -0.39 is 0 Å². The van der Waals surface area contributed by atoms with Crippen molar-refractivity contribution in [2.45, 2.75) is 19.8 Å². The van der Waals surface area contributed by atoms with Gasteiger partial charge in [-0.15, -0.1) is 11.6 Å². The predicted octanol–water partition coefficient (Wildman–Crippen LogP) is 2.68. The van der Waals surface area contributed by atoms with E-state index in [1.165, 1.54) is 0 Å². The first-order valence-corrected chi connectivity index (χ1v) is 6.15. The summed E-state index contributed by atoms with van der Waals surface area (Å²) < 4.78 is 5.15. The van der Waals surface area contributed by atoms with Crippen molar-refractivity contribution in [1.29, 1.82) is 0 Å². The third-order valence-electron chi connectivity index (χ3n) is 3.18. The summed E-state index contributed by atoms with van der Waals surface area (Å²) >= 11 is 5.72. The minimum absolute atomic E-state index is 0.0864. The lowest BCUT2D eigenvalue weighted by Gasteiger charge is -2.15. The number of aryl methyl sites for hydroxylation is 1. The van der Waals surface area contributed by atoms with Gasteiger partial charge in [-0.25, -0.2) is 0 Å². The van der Waals surface area contributed by atoms with Crippen molar-refractivity contribution < 1.29 is 9.21 Å². The van der Waals surface area contributed by atoms with Gasteiger partial charge in [-0.05, 0) is 31.7 Å². The van der Waals surface area contributed by atoms with Gasteiger partial charge in [0.15, 0.2) is 0 Å². The van der Waals surface area contributed by atoms with Crippen LogP contribution in [-0.2, 0) is 0 Å². The number of alkyl halides is 1. The minimum Gasteiger partial charge on any atom is -0.469 e. The SMILES string of the molecule is Cc1occc1C(=O)N1CCC(CCCl)C1. The van der Waals surface area contributed by atoms with E-state index in [0.717, 1.165) is 25.9 Å². The van der Waals surface area contributed by atoms with E-state index in [-0.39, 0.29) is 5.91 Å². The highest BCUT2D eigenvalue weighted by Crippen LogP contribution is 2.23. The zero-order valence-electron chi connectivity index (χ0n) is 9.41. The van der Waals surface area contributed by atoms with Crippen molar-refractivity contribution in [3.8, 4) is 0 Å². The number of carbonyl (C=O) groups is 1. The standard InChI is InChI=1S/C12H16ClNO2/c1-9-11(4-7-16-9)12(15)14-6-3-10(8-14)2-5-13/h4,7,10H,2-3,5-6,8H2,1H3. The van der Waals surface area contributed by atoms with Gasteiger partial charge in [-0.1, -0.05) is 0 Å². The molecule has 88 valence electrons. The molecule has 2 heterocycles. The molecule has 3 nitrogen and oxygen atoms in total. The monoisotopic (exact) mass is 241 g/mol. The molecule has 1 saturated heterocycles. The third-order valence-corrected chi connectivity index (χ3v) is 3.40. The van der Waals surface area contributed by atoms with Crippen LogP contribution >= 0.6 is 11.6 Å². The average Bonchev–Trinajstić information content (AvgIpc) is 2.87. The Hall–Kier alpha value is -0.960. The number of halogens is 1. The van der Waals surface area contributed by atoms with Crippen LogP contribution < -0.4 is 0 Å². The van der Waals surface area contributed by atoms with Crippen LogP contribution in [0.3, 0.4) is 0 Å². The summed E-state index contributed by atoms with van der Waals surface area (Å²) in [6, 6.07) is 1.74. The van der Waals surface area contributed by atoms with Crippen LogP contribution in [-0.4, -0.2) is 29.8 Å². The fourth-order valence-electron chi connectivity index (χ4n) is 2.18. The lowest BCUT2D eigenvalue weighted by atomic mass is 10.1. The van der Waals surface area contributed by atoms with Gasteiger partial charge >= 0.3 is 0 Å². The Labute approximate surface area is 100 Å². The highest BCUT2D eigenvalue weighted by molar-refractivity contribution is 6.17. The molecule has 2 rings (SSSR count). The Balaban J connectivity index is 2.00. The van der Waals surface area contributed by atoms with E-state index in [4.69, 9.17) is 16.0 Å². The van der Waals surface area contributed by atoms with Gasteiger partial charge in [0.25, 0.3) is 5.91 Å². The summed E-state index contributed by atoms with van der Waals surface area (Å²) in [7, 11) is 0. The molecular formula is C12H16ClNO2. The molecule has 1 aromatic rings. The molecule has 1 fully saturated rings. The average molecular weight is 242 g/mol. The smallest absolute Gasteiger partial charge is 0.257 e. The first-order chi connectivity index (χ1) is 7.72. The van der Waals surface area contributed by atoms with Crippen LogP contribution in [0.2, 0.25) is 0 Å². The second-order valence-corrected chi connectivity index (χ2v) is 4.65. The van der Waals surface area contributed by atoms with Gasteiger partial charge in [0, 0.05) is 19.0 Å². The molecule has 1 aliphatic heterocycles. The number of nitrogens with zero attached hydrogens (tertiary/aromatic N) is 1. The highest BCUT2D eigenvalue weighted by atomic mass is 35.5. The number of amides is 1. The van der Waals surface area contributed by atoms with E-state index >= 15 is 0 Å². The second kappa shape index (κ2) is 4.91. The number of furan rings is 1. The van der Waals surface area contributed by atoms with E-state index in [9.17, 15) is 4.79 Å². The number of rotatable bonds is 3. The topological polar surface area (TPSA) is 33.5 Å². The Morgan fingerprint density at radius 2 is 2.50 bits per heavy atom. The largest absolute Gasteiger partial charge is 0.469 e. The summed E-state index contributed by atoms with van der Waals surface area (Å²) in [5.74, 6) is 2.03. The van der Waals surface area contributed by atoms with Crippen LogP contribution in [0.1, 0.15) is 29.0 Å². The fraction of sp³-hybridized carbons (Fsp3) is 0.583. The summed E-state index contributed by atoms with van der Waals surface area (Å²) in [6.07, 6.45) is 3.62. The molecule has 1 unspecified atom stereocenters. The number of hydrogen-bond acceptors (Lipinski definition) is 2. The molecule has 16 heavy (non-hydrogen) atoms. The van der Waals surface area contributed by atoms with E-state index in [1.54, 1.807) is 12.3 Å². The Morgan fingerprint density at radius 1 is 1.69 bits per heavy atom. The zero-order chi connectivity index (χ0) is 11.5. The summed E-state index contributed by atoms with van der Waals surface area (Å²) in [5, 5.41) is 0. The van der Waals surface area contributed by atoms with Crippen molar-refractivity contribution in [2.24, 2.45) is 5.92 Å². The van der Waals surface area contributed by atoms with Crippen molar-refractivity contribution in [1.82, 2.24) is 4.90 Å². The van der Waals surface area contributed by atoms with Crippen LogP contribution in [0, 0.1) is 12.8 Å². The molecule has 0 N–H and O–H groups in total. The van der Waals surface area contributed by atoms with E-state index in [0.29, 0.717) is 23.1 Å². The third kappa shape index (κ3) is 2.24. The van der Waals surface area contributed by atoms with Crippen LogP contribution in [0.15, 0.2) is 16.7 Å². The molecule has 0 spiro atoms. The van der Waals surface area contributed by atoms with Gasteiger partial charge < -0.3 is 9.32 Å². The number of hydrogen-bond donors (Lipinski definition) is 0. The van der Waals surface area contributed by atoms with Gasteiger partial charge in [0.05, 0.1) is 11.8 Å². The zero-order valence-corrected chi connectivity index (χ0v) is 10.2. The lowest BCUT2D eigenvalue weighted by molar-refractivity contribution is 0.0785. The molecular weight excluding hydrogens is 226 g/mol. The molecule has 0 bridgehead atoms. The maximum Gasteiger partial charge on any atom is 0.257 e. The molecule has 1 aromatic heterocycles. The summed E-state index contributed by atoms with van der Waals surface area (Å²) in [6.45, 7) is 3.49. The molecule has 0 aromatic carbocycles.